The molecule has 1 aromatic rings. The van der Waals surface area contributed by atoms with E-state index < -0.39 is 0 Å². The Kier molecular flexibility index (Phi) is 5.10. The third kappa shape index (κ3) is 4.16. The van der Waals surface area contributed by atoms with Crippen molar-refractivity contribution in [2.75, 3.05) is 13.7 Å². The molecule has 0 aliphatic carbocycles. The summed E-state index contributed by atoms with van der Waals surface area (Å²) >= 11 is 0. The van der Waals surface area contributed by atoms with Gasteiger partial charge >= 0.3 is 0 Å². The maximum absolute atomic E-state index is 11.2. The molecule has 0 aromatic heterocycles. The third-order valence-corrected chi connectivity index (χ3v) is 2.00. The second kappa shape index (κ2) is 6.65. The number of rotatable bonds is 4. The van der Waals surface area contributed by atoms with E-state index in [0.717, 1.165) is 11.3 Å². The molecule has 1 N–H and O–H groups in total. The van der Waals surface area contributed by atoms with E-state index in [1.54, 1.807) is 31.4 Å². The van der Waals surface area contributed by atoms with Crippen LogP contribution in [0, 0.1) is 11.8 Å². The number of aliphatic hydroxyl groups is 1. The summed E-state index contributed by atoms with van der Waals surface area (Å²) in [6, 6.07) is 7.18. The van der Waals surface area contributed by atoms with E-state index in [9.17, 15) is 4.79 Å². The number of aliphatic hydroxyl groups excluding tert-OH is 1. The van der Waals surface area contributed by atoms with Crippen LogP contribution in [-0.4, -0.2) is 24.6 Å². The minimum Gasteiger partial charge on any atom is -0.497 e. The van der Waals surface area contributed by atoms with Gasteiger partial charge in [0.25, 0.3) is 0 Å². The average molecular weight is 218 g/mol. The van der Waals surface area contributed by atoms with Crippen LogP contribution in [0.25, 0.3) is 0 Å². The van der Waals surface area contributed by atoms with Gasteiger partial charge in [0.15, 0.2) is 0 Å². The number of hydrogen-bond acceptors (Lipinski definition) is 3. The first kappa shape index (κ1) is 12.3. The zero-order chi connectivity index (χ0) is 11.8. The summed E-state index contributed by atoms with van der Waals surface area (Å²) in [5.41, 5.74) is 0.776. The fraction of sp³-hybridized carbons (Fsp3) is 0.308. The molecule has 16 heavy (non-hydrogen) atoms. The molecule has 3 heteroatoms. The van der Waals surface area contributed by atoms with Crippen LogP contribution in [0.2, 0.25) is 0 Å². The summed E-state index contributed by atoms with van der Waals surface area (Å²) in [4.78, 5) is 11.2. The molecule has 1 aromatic carbocycles. The number of ether oxygens (including phenoxy) is 1. The Morgan fingerprint density at radius 3 is 2.62 bits per heavy atom. The van der Waals surface area contributed by atoms with Crippen molar-refractivity contribution < 1.29 is 14.6 Å². The topological polar surface area (TPSA) is 46.5 Å². The Bertz CT molecular complexity index is 395. The summed E-state index contributed by atoms with van der Waals surface area (Å²) < 4.78 is 5.00. The van der Waals surface area contributed by atoms with Crippen LogP contribution < -0.4 is 4.74 Å². The largest absolute Gasteiger partial charge is 0.497 e. The molecule has 0 heterocycles. The molecule has 0 aliphatic heterocycles. The normalized spacial score (nSPS) is 9.12. The highest BCUT2D eigenvalue weighted by molar-refractivity contribution is 5.95. The molecule has 1 rings (SSSR count). The lowest BCUT2D eigenvalue weighted by Crippen LogP contribution is -1.95. The van der Waals surface area contributed by atoms with Gasteiger partial charge in [-0.1, -0.05) is 5.92 Å². The summed E-state index contributed by atoms with van der Waals surface area (Å²) in [5.74, 6) is 5.91. The highest BCUT2D eigenvalue weighted by atomic mass is 16.5. The molecular weight excluding hydrogens is 204 g/mol. The molecule has 0 saturated carbocycles. The van der Waals surface area contributed by atoms with Crippen LogP contribution in [0.4, 0.5) is 0 Å². The van der Waals surface area contributed by atoms with Crippen molar-refractivity contribution in [3.63, 3.8) is 0 Å². The van der Waals surface area contributed by atoms with Crippen molar-refractivity contribution in [1.29, 1.82) is 0 Å². The fourth-order valence-electron chi connectivity index (χ4n) is 1.12. The molecule has 84 valence electrons. The predicted molar refractivity (Wildman–Crippen MR) is 61.2 cm³/mol. The van der Waals surface area contributed by atoms with Gasteiger partial charge in [0.2, 0.25) is 5.78 Å². The summed E-state index contributed by atoms with van der Waals surface area (Å²) in [5, 5.41) is 8.54. The van der Waals surface area contributed by atoms with Crippen molar-refractivity contribution in [2.24, 2.45) is 0 Å². The number of methoxy groups -OCH3 is 1. The summed E-state index contributed by atoms with van der Waals surface area (Å²) in [6.45, 7) is 0.0238. The lowest BCUT2D eigenvalue weighted by atomic mass is 10.2. The van der Waals surface area contributed by atoms with Gasteiger partial charge in [0, 0.05) is 18.6 Å². The van der Waals surface area contributed by atoms with Crippen LogP contribution >= 0.6 is 0 Å². The average Bonchev–Trinajstić information content (AvgIpc) is 2.34. The van der Waals surface area contributed by atoms with Gasteiger partial charge in [0.05, 0.1) is 7.11 Å². The third-order valence-electron chi connectivity index (χ3n) is 2.00. The van der Waals surface area contributed by atoms with Gasteiger partial charge < -0.3 is 9.84 Å². The molecule has 0 bridgehead atoms. The summed E-state index contributed by atoms with van der Waals surface area (Å²) in [6.07, 6.45) is 0.774. The van der Waals surface area contributed by atoms with Crippen molar-refractivity contribution in [3.8, 4) is 17.6 Å². The molecule has 0 unspecified atom stereocenters. The second-order valence-corrected chi connectivity index (χ2v) is 3.23. The van der Waals surface area contributed by atoms with E-state index in [1.165, 1.54) is 0 Å². The van der Waals surface area contributed by atoms with Crippen molar-refractivity contribution in [2.45, 2.75) is 12.8 Å². The molecule has 0 fully saturated rings. The number of carbonyl (C=O) groups excluding carboxylic acids is 1. The van der Waals surface area contributed by atoms with E-state index in [2.05, 4.69) is 11.8 Å². The second-order valence-electron chi connectivity index (χ2n) is 3.23. The maximum Gasteiger partial charge on any atom is 0.205 e. The molecule has 0 atom stereocenters. The van der Waals surface area contributed by atoms with Crippen LogP contribution in [-0.2, 0) is 4.79 Å². The Labute approximate surface area is 95.1 Å². The van der Waals surface area contributed by atoms with Gasteiger partial charge in [-0.05, 0) is 36.6 Å². The quantitative estimate of drug-likeness (QED) is 0.777. The smallest absolute Gasteiger partial charge is 0.205 e. The standard InChI is InChI=1S/C13H14O3/c1-16-13-8-5-11(6-9-13)4-7-12(15)3-2-10-14/h5-6,8-9,14H,2-3,10H2,1H3. The van der Waals surface area contributed by atoms with Gasteiger partial charge in [-0.15, -0.1) is 0 Å². The maximum atomic E-state index is 11.2. The van der Waals surface area contributed by atoms with Gasteiger partial charge in [0.1, 0.15) is 5.75 Å². The van der Waals surface area contributed by atoms with Crippen LogP contribution in [0.5, 0.6) is 5.75 Å². The molecular formula is C13H14O3. The van der Waals surface area contributed by atoms with E-state index in [-0.39, 0.29) is 12.4 Å². The molecule has 0 aliphatic rings. The molecule has 0 spiro atoms. The molecule has 0 saturated heterocycles. The number of carbonyl (C=O) groups is 1. The van der Waals surface area contributed by atoms with Crippen LogP contribution in [0.1, 0.15) is 18.4 Å². The van der Waals surface area contributed by atoms with Crippen molar-refractivity contribution >= 4 is 5.78 Å². The highest BCUT2D eigenvalue weighted by Gasteiger charge is 1.95. The first-order chi connectivity index (χ1) is 7.76. The highest BCUT2D eigenvalue weighted by Crippen LogP contribution is 2.10. The Balaban J connectivity index is 2.58. The number of Topliss-reactive ketones (excluding diaryl/α,β-unsaturated/α-hetero) is 1. The Morgan fingerprint density at radius 1 is 1.38 bits per heavy atom. The van der Waals surface area contributed by atoms with Crippen molar-refractivity contribution in [1.82, 2.24) is 0 Å². The van der Waals surface area contributed by atoms with Crippen molar-refractivity contribution in [3.05, 3.63) is 29.8 Å². The SMILES string of the molecule is COc1ccc(C#CC(=O)CCCO)cc1. The first-order valence-electron chi connectivity index (χ1n) is 5.06. The first-order valence-corrected chi connectivity index (χ1v) is 5.06. The van der Waals surface area contributed by atoms with Gasteiger partial charge in [-0.2, -0.15) is 0 Å². The minimum atomic E-state index is -0.148. The van der Waals surface area contributed by atoms with Crippen LogP contribution in [0.3, 0.4) is 0 Å². The Morgan fingerprint density at radius 2 is 2.06 bits per heavy atom. The van der Waals surface area contributed by atoms with E-state index >= 15 is 0 Å². The van der Waals surface area contributed by atoms with Gasteiger partial charge in [-0.25, -0.2) is 0 Å². The van der Waals surface area contributed by atoms with Gasteiger partial charge in [-0.3, -0.25) is 4.79 Å². The number of benzene rings is 1. The lowest BCUT2D eigenvalue weighted by Gasteiger charge is -1.97. The molecule has 0 amide bonds. The van der Waals surface area contributed by atoms with E-state index in [1.807, 2.05) is 0 Å². The number of ketones is 1. The fourth-order valence-corrected chi connectivity index (χ4v) is 1.12. The van der Waals surface area contributed by atoms with E-state index in [0.29, 0.717) is 12.8 Å². The monoisotopic (exact) mass is 218 g/mol. The van der Waals surface area contributed by atoms with E-state index in [4.69, 9.17) is 9.84 Å². The zero-order valence-corrected chi connectivity index (χ0v) is 9.19. The molecule has 3 nitrogen and oxygen atoms in total. The zero-order valence-electron chi connectivity index (χ0n) is 9.19. The summed E-state index contributed by atoms with van der Waals surface area (Å²) in [7, 11) is 1.60. The molecule has 0 radical (unpaired) electrons. The van der Waals surface area contributed by atoms with Crippen LogP contribution in [0.15, 0.2) is 24.3 Å². The Hall–Kier alpha value is -1.79. The number of hydrogen-bond donors (Lipinski definition) is 1. The lowest BCUT2D eigenvalue weighted by molar-refractivity contribution is -0.114. The predicted octanol–water partition coefficient (Wildman–Crippen LogP) is 1.39. The minimum absolute atomic E-state index is 0.0238.